The summed E-state index contributed by atoms with van der Waals surface area (Å²) in [5, 5.41) is 29.6. The van der Waals surface area contributed by atoms with Crippen LogP contribution in [0.15, 0.2) is 67.0 Å². The highest BCUT2D eigenvalue weighted by Gasteiger charge is 2.23. The fraction of sp³-hybridized carbons (Fsp3) is 0.200. The highest BCUT2D eigenvalue weighted by molar-refractivity contribution is 6.36. The van der Waals surface area contributed by atoms with Crippen molar-refractivity contribution in [3.05, 3.63) is 105 Å². The minimum Gasteiger partial charge on any atom is -0.373 e. The van der Waals surface area contributed by atoms with Crippen molar-refractivity contribution in [1.29, 1.82) is 5.26 Å². The fourth-order valence-electron chi connectivity index (χ4n) is 5.10. The third-order valence-electron chi connectivity index (χ3n) is 7.26. The van der Waals surface area contributed by atoms with Crippen LogP contribution in [0.1, 0.15) is 41.7 Å². The highest BCUT2D eigenvalue weighted by atomic mass is 35.5. The maximum absolute atomic E-state index is 13.9. The van der Waals surface area contributed by atoms with Crippen LogP contribution in [0.5, 0.6) is 0 Å². The lowest BCUT2D eigenvalue weighted by atomic mass is 10.0. The molecule has 0 aliphatic carbocycles. The fourth-order valence-corrected chi connectivity index (χ4v) is 5.55. The van der Waals surface area contributed by atoms with E-state index in [1.54, 1.807) is 18.2 Å². The first kappa shape index (κ1) is 30.4. The summed E-state index contributed by atoms with van der Waals surface area (Å²) in [6, 6.07) is 15.8. The van der Waals surface area contributed by atoms with Gasteiger partial charge in [-0.25, -0.2) is 13.5 Å². The van der Waals surface area contributed by atoms with Gasteiger partial charge in [0.2, 0.25) is 0 Å². The quantitative estimate of drug-likeness (QED) is 0.168. The molecule has 5 aromatic rings. The smallest absolute Gasteiger partial charge is 0.141 e. The zero-order valence-electron chi connectivity index (χ0n) is 22.5. The van der Waals surface area contributed by atoms with Crippen LogP contribution in [0, 0.1) is 23.0 Å². The molecule has 0 radical (unpaired) electrons. The minimum atomic E-state index is -0.555. The number of anilines is 3. The molecule has 13 heteroatoms. The second kappa shape index (κ2) is 13.1. The molecule has 3 heterocycles. The van der Waals surface area contributed by atoms with Gasteiger partial charge in [0.25, 0.3) is 0 Å². The summed E-state index contributed by atoms with van der Waals surface area (Å²) in [6.45, 7) is 1.82. The Morgan fingerprint density at radius 3 is 2.47 bits per heavy atom. The van der Waals surface area contributed by atoms with Gasteiger partial charge in [-0.3, -0.25) is 4.98 Å². The lowest BCUT2D eigenvalue weighted by Crippen LogP contribution is -2.29. The van der Waals surface area contributed by atoms with Gasteiger partial charge in [-0.1, -0.05) is 40.5 Å². The normalized spacial score (nSPS) is 14.1. The van der Waals surface area contributed by atoms with Gasteiger partial charge in [0.05, 0.1) is 45.1 Å². The Kier molecular flexibility index (Phi) is 9.28. The molecule has 43 heavy (non-hydrogen) atoms. The number of nitrogens with zero attached hydrogens (tertiary/aromatic N) is 5. The summed E-state index contributed by atoms with van der Waals surface area (Å²) < 4.78 is 29.5. The van der Waals surface area contributed by atoms with E-state index in [2.05, 4.69) is 37.3 Å². The number of piperidine rings is 1. The summed E-state index contributed by atoms with van der Waals surface area (Å²) in [5.74, 6) is -0.905. The molecule has 1 aliphatic heterocycles. The molecule has 1 atom stereocenters. The van der Waals surface area contributed by atoms with Crippen LogP contribution < -0.4 is 16.0 Å². The predicted octanol–water partition coefficient (Wildman–Crippen LogP) is 7.57. The van der Waals surface area contributed by atoms with Crippen LogP contribution in [0.2, 0.25) is 10.0 Å². The molecule has 1 saturated heterocycles. The van der Waals surface area contributed by atoms with Crippen LogP contribution in [-0.4, -0.2) is 33.1 Å². The molecule has 6 rings (SSSR count). The third kappa shape index (κ3) is 6.50. The van der Waals surface area contributed by atoms with Gasteiger partial charge in [-0.05, 0) is 74.0 Å². The molecular weight excluding hydrogens is 617 g/mol. The molecule has 1 fully saturated rings. The molecule has 0 saturated carbocycles. The van der Waals surface area contributed by atoms with Crippen molar-refractivity contribution in [1.82, 2.24) is 25.3 Å². The molecule has 0 unspecified atom stereocenters. The zero-order chi connectivity index (χ0) is 29.2. The first-order valence-electron chi connectivity index (χ1n) is 13.3. The van der Waals surface area contributed by atoms with E-state index < -0.39 is 11.9 Å². The van der Waals surface area contributed by atoms with Crippen molar-refractivity contribution in [2.75, 3.05) is 23.7 Å². The summed E-state index contributed by atoms with van der Waals surface area (Å²) in [7, 11) is 0. The standard InChI is InChI=1S/C30H24Cl2F2N8.ClH/c31-24-12-20(5-6-26(24)34)38-28-18(14-35)15-37-30-23(28)11-21(13-25(30)32)39-29(17-1-3-19(33)4-2-17)27-16-42(41-40-27)22-7-9-36-10-8-22;/h1-6,11-13,15-16,22,29,36,39H,7-10H2,(H,37,38);1H/t29-;/m0./s1. The number of hydrogen-bond donors (Lipinski definition) is 3. The van der Waals surface area contributed by atoms with Crippen molar-refractivity contribution in [3.8, 4) is 6.07 Å². The van der Waals surface area contributed by atoms with Gasteiger partial charge in [-0.15, -0.1) is 17.5 Å². The molecular formula is C30H25Cl3F2N8. The second-order valence-electron chi connectivity index (χ2n) is 10.0. The van der Waals surface area contributed by atoms with Crippen molar-refractivity contribution in [2.24, 2.45) is 0 Å². The summed E-state index contributed by atoms with van der Waals surface area (Å²) in [5.41, 5.74) is 3.68. The molecule has 2 aromatic heterocycles. The molecule has 0 amide bonds. The Bertz CT molecular complexity index is 1800. The Balaban J connectivity index is 0.00000368. The lowest BCUT2D eigenvalue weighted by Gasteiger charge is -2.22. The van der Waals surface area contributed by atoms with E-state index in [-0.39, 0.29) is 34.9 Å². The number of nitrogens with one attached hydrogen (secondary N) is 3. The number of hydrogen-bond acceptors (Lipinski definition) is 7. The largest absolute Gasteiger partial charge is 0.373 e. The monoisotopic (exact) mass is 640 g/mol. The van der Waals surface area contributed by atoms with Crippen LogP contribution >= 0.6 is 35.6 Å². The van der Waals surface area contributed by atoms with E-state index in [1.807, 2.05) is 16.9 Å². The summed E-state index contributed by atoms with van der Waals surface area (Å²) in [6.07, 6.45) is 5.23. The molecule has 3 N–H and O–H groups in total. The van der Waals surface area contributed by atoms with E-state index in [0.717, 1.165) is 31.5 Å². The highest BCUT2D eigenvalue weighted by Crippen LogP contribution is 2.37. The van der Waals surface area contributed by atoms with Crippen molar-refractivity contribution in [2.45, 2.75) is 24.9 Å². The van der Waals surface area contributed by atoms with Gasteiger partial charge in [-0.2, -0.15) is 5.26 Å². The number of halogens is 5. The lowest BCUT2D eigenvalue weighted by molar-refractivity contribution is 0.337. The van der Waals surface area contributed by atoms with E-state index in [0.29, 0.717) is 38.7 Å². The number of nitriles is 1. The van der Waals surface area contributed by atoms with Crippen LogP contribution in [0.25, 0.3) is 10.9 Å². The SMILES string of the molecule is Cl.N#Cc1cnc2c(Cl)cc(N[C@@H](c3ccc(F)cc3)c3cn(C4CCNCC4)nn3)cc2c1Nc1ccc(F)c(Cl)c1. The van der Waals surface area contributed by atoms with E-state index in [9.17, 15) is 14.0 Å². The average molecular weight is 642 g/mol. The van der Waals surface area contributed by atoms with E-state index >= 15 is 0 Å². The Hall–Kier alpha value is -4.01. The van der Waals surface area contributed by atoms with Crippen LogP contribution in [-0.2, 0) is 0 Å². The van der Waals surface area contributed by atoms with Crippen molar-refractivity contribution >= 4 is 63.6 Å². The Morgan fingerprint density at radius 1 is 1.00 bits per heavy atom. The first-order valence-corrected chi connectivity index (χ1v) is 14.0. The first-order chi connectivity index (χ1) is 20.4. The maximum atomic E-state index is 13.9. The Morgan fingerprint density at radius 2 is 1.74 bits per heavy atom. The number of rotatable bonds is 7. The van der Waals surface area contributed by atoms with Gasteiger partial charge in [0.1, 0.15) is 23.4 Å². The van der Waals surface area contributed by atoms with Crippen LogP contribution in [0.3, 0.4) is 0 Å². The third-order valence-corrected chi connectivity index (χ3v) is 7.83. The van der Waals surface area contributed by atoms with Crippen molar-refractivity contribution < 1.29 is 8.78 Å². The van der Waals surface area contributed by atoms with Gasteiger partial charge >= 0.3 is 0 Å². The number of pyridine rings is 1. The second-order valence-corrected chi connectivity index (χ2v) is 10.8. The molecule has 3 aromatic carbocycles. The van der Waals surface area contributed by atoms with Crippen molar-refractivity contribution in [3.63, 3.8) is 0 Å². The number of benzene rings is 3. The molecule has 8 nitrogen and oxygen atoms in total. The van der Waals surface area contributed by atoms with Gasteiger partial charge in [0, 0.05) is 23.0 Å². The van der Waals surface area contributed by atoms with E-state index in [1.165, 1.54) is 36.5 Å². The summed E-state index contributed by atoms with van der Waals surface area (Å²) >= 11 is 12.7. The molecule has 220 valence electrons. The Labute approximate surface area is 262 Å². The number of fused-ring (bicyclic) bond motifs is 1. The summed E-state index contributed by atoms with van der Waals surface area (Å²) in [4.78, 5) is 4.41. The minimum absolute atomic E-state index is 0. The maximum Gasteiger partial charge on any atom is 0.141 e. The predicted molar refractivity (Wildman–Crippen MR) is 166 cm³/mol. The average Bonchev–Trinajstić information content (AvgIpc) is 3.49. The molecule has 0 bridgehead atoms. The van der Waals surface area contributed by atoms with Crippen LogP contribution in [0.4, 0.5) is 25.8 Å². The number of aromatic nitrogens is 4. The zero-order valence-corrected chi connectivity index (χ0v) is 24.8. The molecule has 0 spiro atoms. The van der Waals surface area contributed by atoms with E-state index in [4.69, 9.17) is 23.2 Å². The topological polar surface area (TPSA) is 103 Å². The van der Waals surface area contributed by atoms with Gasteiger partial charge in [0.15, 0.2) is 0 Å². The van der Waals surface area contributed by atoms with Gasteiger partial charge < -0.3 is 16.0 Å². The molecule has 1 aliphatic rings.